The molecule has 92 valence electrons. The van der Waals surface area contributed by atoms with Gasteiger partial charge in [-0.2, -0.15) is 4.98 Å². The second-order valence-electron chi connectivity index (χ2n) is 4.55. The van der Waals surface area contributed by atoms with Gasteiger partial charge in [-0.1, -0.05) is 0 Å². The minimum Gasteiger partial charge on any atom is -0.423 e. The van der Waals surface area contributed by atoms with E-state index in [4.69, 9.17) is 10.2 Å². The molecular formula is C12H18N4O. The van der Waals surface area contributed by atoms with Gasteiger partial charge in [-0.25, -0.2) is 0 Å². The Hall–Kier alpha value is -1.75. The van der Waals surface area contributed by atoms with Crippen LogP contribution in [0.3, 0.4) is 0 Å². The van der Waals surface area contributed by atoms with Gasteiger partial charge in [0.25, 0.3) is 6.01 Å². The molecule has 1 aromatic heterocycles. The number of aromatic nitrogens is 1. The average molecular weight is 234 g/mol. The highest BCUT2D eigenvalue weighted by atomic mass is 16.4. The number of hydrogen-bond acceptors (Lipinski definition) is 5. The molecule has 2 rings (SSSR count). The van der Waals surface area contributed by atoms with Crippen molar-refractivity contribution in [1.82, 2.24) is 9.88 Å². The molecule has 1 atom stereocenters. The number of likely N-dealkylation sites (N-methyl/N-ethyl adjacent to an activating group) is 1. The summed E-state index contributed by atoms with van der Waals surface area (Å²) in [5, 5.41) is 3.22. The predicted octanol–water partition coefficient (Wildman–Crippen LogP) is 1.77. The molecule has 0 spiro atoms. The quantitative estimate of drug-likeness (QED) is 0.789. The van der Waals surface area contributed by atoms with Crippen LogP contribution in [0.1, 0.15) is 6.92 Å². The van der Waals surface area contributed by atoms with Crippen molar-refractivity contribution in [3.8, 4) is 0 Å². The normalized spacial score (nSPS) is 13.2. The van der Waals surface area contributed by atoms with Crippen LogP contribution in [0, 0.1) is 0 Å². The Bertz CT molecular complexity index is 506. The van der Waals surface area contributed by atoms with Gasteiger partial charge in [0.1, 0.15) is 5.52 Å². The fraction of sp³-hybridized carbons (Fsp3) is 0.417. The fourth-order valence-corrected chi connectivity index (χ4v) is 1.81. The van der Waals surface area contributed by atoms with Gasteiger partial charge < -0.3 is 20.4 Å². The van der Waals surface area contributed by atoms with E-state index in [1.807, 2.05) is 26.2 Å². The van der Waals surface area contributed by atoms with Gasteiger partial charge >= 0.3 is 0 Å². The topological polar surface area (TPSA) is 67.3 Å². The lowest BCUT2D eigenvalue weighted by atomic mass is 10.3. The maximum Gasteiger partial charge on any atom is 0.295 e. The second kappa shape index (κ2) is 4.63. The molecule has 0 aliphatic carbocycles. The van der Waals surface area contributed by atoms with Crippen molar-refractivity contribution >= 4 is 22.8 Å². The van der Waals surface area contributed by atoms with Crippen LogP contribution in [0.5, 0.6) is 0 Å². The van der Waals surface area contributed by atoms with Crippen LogP contribution in [0.4, 0.5) is 11.7 Å². The number of fused-ring (bicyclic) bond motifs is 1. The zero-order valence-electron chi connectivity index (χ0n) is 10.4. The third-order valence-electron chi connectivity index (χ3n) is 2.42. The fourth-order valence-electron chi connectivity index (χ4n) is 1.81. The molecule has 1 unspecified atom stereocenters. The maximum absolute atomic E-state index is 5.69. The first kappa shape index (κ1) is 11.7. The summed E-state index contributed by atoms with van der Waals surface area (Å²) in [7, 11) is 4.07. The number of benzene rings is 1. The summed E-state index contributed by atoms with van der Waals surface area (Å²) in [6.45, 7) is 3.00. The minimum atomic E-state index is 0.274. The first-order chi connectivity index (χ1) is 8.04. The molecule has 0 amide bonds. The maximum atomic E-state index is 5.69. The van der Waals surface area contributed by atoms with E-state index in [1.54, 1.807) is 6.07 Å². The van der Waals surface area contributed by atoms with Gasteiger partial charge in [0.05, 0.1) is 0 Å². The average Bonchev–Trinajstić information content (AvgIpc) is 2.57. The Morgan fingerprint density at radius 1 is 1.47 bits per heavy atom. The molecule has 0 bridgehead atoms. The van der Waals surface area contributed by atoms with E-state index in [-0.39, 0.29) is 6.04 Å². The van der Waals surface area contributed by atoms with Crippen molar-refractivity contribution in [2.75, 3.05) is 31.7 Å². The number of rotatable bonds is 4. The van der Waals surface area contributed by atoms with E-state index >= 15 is 0 Å². The van der Waals surface area contributed by atoms with Gasteiger partial charge in [-0.3, -0.25) is 0 Å². The first-order valence-corrected chi connectivity index (χ1v) is 5.62. The number of oxazole rings is 1. The molecule has 1 aromatic carbocycles. The van der Waals surface area contributed by atoms with E-state index in [1.165, 1.54) is 0 Å². The molecule has 2 aromatic rings. The summed E-state index contributed by atoms with van der Waals surface area (Å²) in [5.41, 5.74) is 7.90. The molecule has 0 saturated heterocycles. The molecule has 5 nitrogen and oxygen atoms in total. The highest BCUT2D eigenvalue weighted by Gasteiger charge is 2.09. The summed E-state index contributed by atoms with van der Waals surface area (Å²) in [4.78, 5) is 6.46. The number of nitrogens with one attached hydrogen (secondary N) is 1. The van der Waals surface area contributed by atoms with E-state index in [0.29, 0.717) is 17.3 Å². The van der Waals surface area contributed by atoms with Crippen molar-refractivity contribution in [1.29, 1.82) is 0 Å². The third kappa shape index (κ3) is 2.88. The number of nitrogens with two attached hydrogens (primary N) is 1. The van der Waals surface area contributed by atoms with Gasteiger partial charge in [0, 0.05) is 24.3 Å². The molecular weight excluding hydrogens is 216 g/mol. The minimum absolute atomic E-state index is 0.274. The van der Waals surface area contributed by atoms with Crippen molar-refractivity contribution in [3.05, 3.63) is 18.2 Å². The number of anilines is 2. The van der Waals surface area contributed by atoms with Crippen LogP contribution in [0.25, 0.3) is 11.1 Å². The lowest BCUT2D eigenvalue weighted by Gasteiger charge is -2.16. The molecule has 0 saturated carbocycles. The van der Waals surface area contributed by atoms with Crippen molar-refractivity contribution < 1.29 is 4.42 Å². The number of hydrogen-bond donors (Lipinski definition) is 2. The van der Waals surface area contributed by atoms with E-state index in [2.05, 4.69) is 22.1 Å². The van der Waals surface area contributed by atoms with Crippen molar-refractivity contribution in [2.45, 2.75) is 13.0 Å². The van der Waals surface area contributed by atoms with E-state index in [9.17, 15) is 0 Å². The smallest absolute Gasteiger partial charge is 0.295 e. The molecule has 17 heavy (non-hydrogen) atoms. The van der Waals surface area contributed by atoms with Gasteiger partial charge in [-0.05, 0) is 33.2 Å². The first-order valence-electron chi connectivity index (χ1n) is 5.62. The Morgan fingerprint density at radius 2 is 2.24 bits per heavy atom. The van der Waals surface area contributed by atoms with Gasteiger partial charge in [0.2, 0.25) is 0 Å². The van der Waals surface area contributed by atoms with Crippen LogP contribution in [0.2, 0.25) is 0 Å². The molecule has 0 radical (unpaired) electrons. The Morgan fingerprint density at radius 3 is 2.94 bits per heavy atom. The zero-order chi connectivity index (χ0) is 12.4. The molecule has 0 fully saturated rings. The van der Waals surface area contributed by atoms with Crippen LogP contribution >= 0.6 is 0 Å². The van der Waals surface area contributed by atoms with Crippen LogP contribution in [-0.4, -0.2) is 36.6 Å². The summed E-state index contributed by atoms with van der Waals surface area (Å²) < 4.78 is 5.58. The number of nitrogen functional groups attached to an aromatic ring is 1. The molecule has 3 N–H and O–H groups in total. The summed E-state index contributed by atoms with van der Waals surface area (Å²) in [6, 6.07) is 6.27. The van der Waals surface area contributed by atoms with E-state index < -0.39 is 0 Å². The molecule has 1 heterocycles. The Balaban J connectivity index is 2.14. The Labute approximate surface area is 101 Å². The van der Waals surface area contributed by atoms with E-state index in [0.717, 1.165) is 12.1 Å². The van der Waals surface area contributed by atoms with Crippen molar-refractivity contribution in [3.63, 3.8) is 0 Å². The van der Waals surface area contributed by atoms with Crippen LogP contribution < -0.4 is 11.1 Å². The standard InChI is InChI=1S/C12H18N4O/c1-8(7-16(2)3)14-12-15-10-5-4-9(13)6-11(10)17-12/h4-6,8H,7,13H2,1-3H3,(H,14,15). The summed E-state index contributed by atoms with van der Waals surface area (Å²) >= 11 is 0. The second-order valence-corrected chi connectivity index (χ2v) is 4.55. The highest BCUT2D eigenvalue weighted by molar-refractivity contribution is 5.78. The largest absolute Gasteiger partial charge is 0.423 e. The lowest BCUT2D eigenvalue weighted by molar-refractivity contribution is 0.389. The monoisotopic (exact) mass is 234 g/mol. The van der Waals surface area contributed by atoms with Gasteiger partial charge in [-0.15, -0.1) is 0 Å². The number of nitrogens with zero attached hydrogens (tertiary/aromatic N) is 2. The summed E-state index contributed by atoms with van der Waals surface area (Å²) in [5.74, 6) is 0. The summed E-state index contributed by atoms with van der Waals surface area (Å²) in [6.07, 6.45) is 0. The SMILES string of the molecule is CC(CN(C)C)Nc1nc2ccc(N)cc2o1. The predicted molar refractivity (Wildman–Crippen MR) is 70.1 cm³/mol. The molecule has 0 aliphatic rings. The highest BCUT2D eigenvalue weighted by Crippen LogP contribution is 2.21. The van der Waals surface area contributed by atoms with Crippen molar-refractivity contribution in [2.24, 2.45) is 0 Å². The molecule has 5 heteroatoms. The zero-order valence-corrected chi connectivity index (χ0v) is 10.4. The third-order valence-corrected chi connectivity index (χ3v) is 2.42. The van der Waals surface area contributed by atoms with Crippen LogP contribution in [0.15, 0.2) is 22.6 Å². The van der Waals surface area contributed by atoms with Gasteiger partial charge in [0.15, 0.2) is 5.58 Å². The lowest BCUT2D eigenvalue weighted by Crippen LogP contribution is -2.29. The Kier molecular flexibility index (Phi) is 3.19. The van der Waals surface area contributed by atoms with Crippen LogP contribution in [-0.2, 0) is 0 Å². The molecule has 0 aliphatic heterocycles.